The number of nitrogens with one attached hydrogen (secondary N) is 1. The Morgan fingerprint density at radius 1 is 1.23 bits per heavy atom. The molecule has 0 aromatic rings. The predicted molar refractivity (Wildman–Crippen MR) is 111 cm³/mol. The SMILES string of the molecule is C=C(C)[C@@H]1CC=C(COC2OC(COC(C)=O)C(O)C(OC(C)=O)C2NC(C)=O)CC1. The summed E-state index contributed by atoms with van der Waals surface area (Å²) in [7, 11) is 0. The molecule has 0 aromatic carbocycles. The maximum absolute atomic E-state index is 11.8. The van der Waals surface area contributed by atoms with Crippen LogP contribution in [0.5, 0.6) is 0 Å². The molecule has 1 aliphatic carbocycles. The van der Waals surface area contributed by atoms with Crippen molar-refractivity contribution in [1.82, 2.24) is 5.32 Å². The Labute approximate surface area is 182 Å². The number of aliphatic hydroxyl groups excluding tert-OH is 1. The van der Waals surface area contributed by atoms with Gasteiger partial charge in [0.05, 0.1) is 6.61 Å². The second-order valence-corrected chi connectivity index (χ2v) is 8.13. The van der Waals surface area contributed by atoms with E-state index in [-0.39, 0.29) is 13.2 Å². The molecule has 2 N–H and O–H groups in total. The van der Waals surface area contributed by atoms with Crippen LogP contribution in [0.2, 0.25) is 0 Å². The topological polar surface area (TPSA) is 120 Å². The highest BCUT2D eigenvalue weighted by molar-refractivity contribution is 5.73. The van der Waals surface area contributed by atoms with Crippen LogP contribution in [0.3, 0.4) is 0 Å². The molecule has 0 spiro atoms. The number of allylic oxidation sites excluding steroid dienone is 2. The van der Waals surface area contributed by atoms with E-state index in [4.69, 9.17) is 18.9 Å². The van der Waals surface area contributed by atoms with Crippen LogP contribution in [-0.4, -0.2) is 66.8 Å². The van der Waals surface area contributed by atoms with E-state index in [2.05, 4.69) is 18.0 Å². The van der Waals surface area contributed by atoms with E-state index in [1.54, 1.807) is 0 Å². The quantitative estimate of drug-likeness (QED) is 0.430. The van der Waals surface area contributed by atoms with Gasteiger partial charge in [-0.15, -0.1) is 0 Å². The average Bonchev–Trinajstić information content (AvgIpc) is 2.68. The Kier molecular flexibility index (Phi) is 9.21. The zero-order valence-electron chi connectivity index (χ0n) is 18.6. The first-order valence-electron chi connectivity index (χ1n) is 10.4. The largest absolute Gasteiger partial charge is 0.463 e. The van der Waals surface area contributed by atoms with Crippen molar-refractivity contribution in [2.24, 2.45) is 5.92 Å². The molecule has 1 fully saturated rings. The summed E-state index contributed by atoms with van der Waals surface area (Å²) >= 11 is 0. The number of ether oxygens (including phenoxy) is 4. The van der Waals surface area contributed by atoms with Crippen LogP contribution in [0.25, 0.3) is 0 Å². The van der Waals surface area contributed by atoms with Gasteiger partial charge in [-0.1, -0.05) is 18.2 Å². The number of aliphatic hydroxyl groups is 1. The Morgan fingerprint density at radius 2 is 1.94 bits per heavy atom. The lowest BCUT2D eigenvalue weighted by Crippen LogP contribution is -2.65. The van der Waals surface area contributed by atoms with Crippen LogP contribution in [0.4, 0.5) is 0 Å². The van der Waals surface area contributed by atoms with E-state index in [0.717, 1.165) is 30.4 Å². The fourth-order valence-corrected chi connectivity index (χ4v) is 3.77. The van der Waals surface area contributed by atoms with Crippen LogP contribution in [0.15, 0.2) is 23.8 Å². The highest BCUT2D eigenvalue weighted by Gasteiger charge is 2.48. The summed E-state index contributed by atoms with van der Waals surface area (Å²) in [6.07, 6.45) is 0.371. The summed E-state index contributed by atoms with van der Waals surface area (Å²) < 4.78 is 22.0. The van der Waals surface area contributed by atoms with Gasteiger partial charge in [0, 0.05) is 20.8 Å². The van der Waals surface area contributed by atoms with Gasteiger partial charge in [-0.3, -0.25) is 14.4 Å². The van der Waals surface area contributed by atoms with E-state index >= 15 is 0 Å². The molecule has 0 radical (unpaired) electrons. The van der Waals surface area contributed by atoms with Crippen molar-refractivity contribution in [3.05, 3.63) is 23.8 Å². The number of hydrogen-bond acceptors (Lipinski definition) is 8. The van der Waals surface area contributed by atoms with Crippen molar-refractivity contribution < 1.29 is 38.4 Å². The van der Waals surface area contributed by atoms with Crippen LogP contribution in [0, 0.1) is 5.92 Å². The first-order valence-corrected chi connectivity index (χ1v) is 10.4. The van der Waals surface area contributed by atoms with E-state index in [1.807, 2.05) is 6.92 Å². The molecule has 0 saturated carbocycles. The number of rotatable bonds is 8. The molecule has 1 saturated heterocycles. The summed E-state index contributed by atoms with van der Waals surface area (Å²) in [5.74, 6) is -1.11. The Hall–Kier alpha value is -2.23. The molecule has 5 unspecified atom stereocenters. The maximum Gasteiger partial charge on any atom is 0.303 e. The molecule has 1 amide bonds. The minimum atomic E-state index is -1.33. The lowest BCUT2D eigenvalue weighted by molar-refractivity contribution is -0.272. The molecule has 2 rings (SSSR count). The minimum Gasteiger partial charge on any atom is -0.463 e. The van der Waals surface area contributed by atoms with Gasteiger partial charge in [-0.2, -0.15) is 0 Å². The van der Waals surface area contributed by atoms with E-state index in [9.17, 15) is 19.5 Å². The average molecular weight is 440 g/mol. The van der Waals surface area contributed by atoms with Crippen molar-refractivity contribution in [2.75, 3.05) is 13.2 Å². The summed E-state index contributed by atoms with van der Waals surface area (Å²) in [6.45, 7) is 9.80. The number of carbonyl (C=O) groups is 3. The van der Waals surface area contributed by atoms with Gasteiger partial charge in [0.25, 0.3) is 0 Å². The number of esters is 2. The molecule has 1 heterocycles. The van der Waals surface area contributed by atoms with Crippen molar-refractivity contribution in [2.45, 2.75) is 77.6 Å². The van der Waals surface area contributed by atoms with E-state index in [0.29, 0.717) is 5.92 Å². The van der Waals surface area contributed by atoms with Crippen LogP contribution in [-0.2, 0) is 33.3 Å². The Bertz CT molecular complexity index is 718. The molecule has 0 aromatic heterocycles. The standard InChI is InChI=1S/C22H33NO8/c1-12(2)17-8-6-16(7-9-17)10-29-22-19(23-13(3)24)21(30-15(5)26)20(27)18(31-22)11-28-14(4)25/h6,17-22,27H,1,7-11H2,2-5H3,(H,23,24)/t17-,18?,19?,20?,21?,22?/m1/s1. The molecule has 0 bridgehead atoms. The normalized spacial score (nSPS) is 30.7. The minimum absolute atomic E-state index is 0.246. The van der Waals surface area contributed by atoms with Gasteiger partial charge in [0.1, 0.15) is 24.9 Å². The lowest BCUT2D eigenvalue weighted by Gasteiger charge is -2.43. The summed E-state index contributed by atoms with van der Waals surface area (Å²) in [4.78, 5) is 34.6. The van der Waals surface area contributed by atoms with Crippen molar-refractivity contribution in [1.29, 1.82) is 0 Å². The summed E-state index contributed by atoms with van der Waals surface area (Å²) in [6, 6.07) is -0.933. The Balaban J connectivity index is 2.16. The molecule has 9 heteroatoms. The summed E-state index contributed by atoms with van der Waals surface area (Å²) in [5, 5.41) is 13.3. The zero-order chi connectivity index (χ0) is 23.1. The highest BCUT2D eigenvalue weighted by Crippen LogP contribution is 2.30. The fourth-order valence-electron chi connectivity index (χ4n) is 3.77. The third kappa shape index (κ3) is 7.45. The number of carbonyl (C=O) groups excluding carboxylic acids is 3. The van der Waals surface area contributed by atoms with E-state index < -0.39 is 48.5 Å². The molecule has 9 nitrogen and oxygen atoms in total. The van der Waals surface area contributed by atoms with Crippen LogP contribution >= 0.6 is 0 Å². The Morgan fingerprint density at radius 3 is 2.45 bits per heavy atom. The molecule has 31 heavy (non-hydrogen) atoms. The van der Waals surface area contributed by atoms with Gasteiger partial charge in [-0.25, -0.2) is 0 Å². The molecule has 6 atom stereocenters. The van der Waals surface area contributed by atoms with Gasteiger partial charge in [0.15, 0.2) is 12.4 Å². The van der Waals surface area contributed by atoms with Crippen molar-refractivity contribution in [3.8, 4) is 0 Å². The monoisotopic (exact) mass is 439 g/mol. The van der Waals surface area contributed by atoms with E-state index in [1.165, 1.54) is 20.8 Å². The molecular weight excluding hydrogens is 406 g/mol. The zero-order valence-corrected chi connectivity index (χ0v) is 18.6. The van der Waals surface area contributed by atoms with Gasteiger partial charge < -0.3 is 29.4 Å². The number of amides is 1. The molecule has 2 aliphatic rings. The van der Waals surface area contributed by atoms with Crippen LogP contribution in [0.1, 0.15) is 47.0 Å². The van der Waals surface area contributed by atoms with Gasteiger partial charge in [0.2, 0.25) is 5.91 Å². The summed E-state index contributed by atoms with van der Waals surface area (Å²) in [5.41, 5.74) is 2.25. The van der Waals surface area contributed by atoms with Crippen molar-refractivity contribution >= 4 is 17.8 Å². The first kappa shape index (κ1) is 25.0. The smallest absolute Gasteiger partial charge is 0.303 e. The molecule has 174 valence electrons. The van der Waals surface area contributed by atoms with Crippen LogP contribution < -0.4 is 5.32 Å². The van der Waals surface area contributed by atoms with Gasteiger partial charge in [-0.05, 0) is 37.7 Å². The second kappa shape index (κ2) is 11.4. The molecular formula is C22H33NO8. The second-order valence-electron chi connectivity index (χ2n) is 8.13. The lowest BCUT2D eigenvalue weighted by atomic mass is 9.86. The fraction of sp³-hybridized carbons (Fsp3) is 0.682. The third-order valence-corrected chi connectivity index (χ3v) is 5.43. The maximum atomic E-state index is 11.8. The first-order chi connectivity index (χ1) is 14.6. The molecule has 1 aliphatic heterocycles. The van der Waals surface area contributed by atoms with Crippen molar-refractivity contribution in [3.63, 3.8) is 0 Å². The third-order valence-electron chi connectivity index (χ3n) is 5.43. The highest BCUT2D eigenvalue weighted by atomic mass is 16.7. The number of hydrogen-bond donors (Lipinski definition) is 2. The van der Waals surface area contributed by atoms with Gasteiger partial charge >= 0.3 is 11.9 Å². The predicted octanol–water partition coefficient (Wildman–Crippen LogP) is 1.39.